The standard InChI is InChI=1S/C18H29N3O2/c1-5-12-21-16(22)11-10-14(19-21)17(23)20-13-8-6-7-9-15(20)18(2,3)4/h10-11,15H,5-9,12-13H2,1-4H3/t15-/m0/s1. The van der Waals surface area contributed by atoms with E-state index in [-0.39, 0.29) is 22.9 Å². The van der Waals surface area contributed by atoms with Crippen LogP contribution in [-0.2, 0) is 6.54 Å². The molecular weight excluding hydrogens is 290 g/mol. The summed E-state index contributed by atoms with van der Waals surface area (Å²) in [5.41, 5.74) is 0.276. The molecule has 1 amide bonds. The lowest BCUT2D eigenvalue weighted by Crippen LogP contribution is -2.47. The summed E-state index contributed by atoms with van der Waals surface area (Å²) < 4.78 is 1.40. The molecule has 0 bridgehead atoms. The van der Waals surface area contributed by atoms with Crippen LogP contribution in [0.1, 0.15) is 70.3 Å². The van der Waals surface area contributed by atoms with E-state index >= 15 is 0 Å². The number of rotatable bonds is 3. The maximum Gasteiger partial charge on any atom is 0.274 e. The zero-order valence-corrected chi connectivity index (χ0v) is 14.8. The third-order valence-electron chi connectivity index (χ3n) is 4.53. The molecule has 0 N–H and O–H groups in total. The Labute approximate surface area is 138 Å². The quantitative estimate of drug-likeness (QED) is 0.860. The van der Waals surface area contributed by atoms with Gasteiger partial charge in [-0.25, -0.2) is 4.68 Å². The van der Waals surface area contributed by atoms with E-state index in [4.69, 9.17) is 0 Å². The zero-order valence-electron chi connectivity index (χ0n) is 14.8. The van der Waals surface area contributed by atoms with Gasteiger partial charge in [0.05, 0.1) is 0 Å². The Morgan fingerprint density at radius 2 is 2.00 bits per heavy atom. The molecule has 0 unspecified atom stereocenters. The molecule has 1 aromatic rings. The molecule has 1 aromatic heterocycles. The average Bonchev–Trinajstić information content (AvgIpc) is 2.74. The van der Waals surface area contributed by atoms with Crippen LogP contribution in [0, 0.1) is 5.41 Å². The van der Waals surface area contributed by atoms with Gasteiger partial charge in [-0.2, -0.15) is 5.10 Å². The Kier molecular flexibility index (Phi) is 5.60. The molecule has 23 heavy (non-hydrogen) atoms. The van der Waals surface area contributed by atoms with Crippen LogP contribution in [0.5, 0.6) is 0 Å². The maximum atomic E-state index is 13.0. The molecule has 128 valence electrons. The van der Waals surface area contributed by atoms with Crippen molar-refractivity contribution < 1.29 is 4.79 Å². The summed E-state index contributed by atoms with van der Waals surface area (Å²) >= 11 is 0. The first-order valence-corrected chi connectivity index (χ1v) is 8.73. The predicted molar refractivity (Wildman–Crippen MR) is 91.5 cm³/mol. The summed E-state index contributed by atoms with van der Waals surface area (Å²) in [6.45, 7) is 9.88. The van der Waals surface area contributed by atoms with Crippen molar-refractivity contribution in [3.63, 3.8) is 0 Å². The number of hydrogen-bond acceptors (Lipinski definition) is 3. The number of carbonyl (C=O) groups is 1. The monoisotopic (exact) mass is 319 g/mol. The highest BCUT2D eigenvalue weighted by Crippen LogP contribution is 2.31. The lowest BCUT2D eigenvalue weighted by Gasteiger charge is -2.39. The second-order valence-electron chi connectivity index (χ2n) is 7.51. The average molecular weight is 319 g/mol. The van der Waals surface area contributed by atoms with Gasteiger partial charge in [-0.05, 0) is 30.7 Å². The molecule has 0 aliphatic carbocycles. The third-order valence-corrected chi connectivity index (χ3v) is 4.53. The fourth-order valence-electron chi connectivity index (χ4n) is 3.33. The molecule has 1 fully saturated rings. The largest absolute Gasteiger partial charge is 0.334 e. The van der Waals surface area contributed by atoms with Gasteiger partial charge in [0.2, 0.25) is 0 Å². The van der Waals surface area contributed by atoms with Crippen molar-refractivity contribution in [2.75, 3.05) is 6.54 Å². The zero-order chi connectivity index (χ0) is 17.0. The van der Waals surface area contributed by atoms with Gasteiger partial charge >= 0.3 is 0 Å². The van der Waals surface area contributed by atoms with Crippen molar-refractivity contribution in [2.45, 2.75) is 72.4 Å². The molecular formula is C18H29N3O2. The van der Waals surface area contributed by atoms with E-state index in [1.165, 1.54) is 17.2 Å². The number of amides is 1. The first kappa shape index (κ1) is 17.7. The number of nitrogens with zero attached hydrogens (tertiary/aromatic N) is 3. The SMILES string of the molecule is CCCn1nc(C(=O)N2CCCCC[C@H]2C(C)(C)C)ccc1=O. The van der Waals surface area contributed by atoms with Crippen LogP contribution >= 0.6 is 0 Å². The Morgan fingerprint density at radius 3 is 2.65 bits per heavy atom. The molecule has 1 aliphatic rings. The summed E-state index contributed by atoms with van der Waals surface area (Å²) in [5, 5.41) is 4.30. The number of aryl methyl sites for hydroxylation is 1. The first-order valence-electron chi connectivity index (χ1n) is 8.73. The van der Waals surface area contributed by atoms with Crippen LogP contribution in [-0.4, -0.2) is 33.2 Å². The van der Waals surface area contributed by atoms with Gasteiger partial charge < -0.3 is 4.90 Å². The van der Waals surface area contributed by atoms with Crippen molar-refractivity contribution in [1.29, 1.82) is 0 Å². The van der Waals surface area contributed by atoms with Gasteiger partial charge in [0.1, 0.15) is 5.69 Å². The molecule has 2 heterocycles. The highest BCUT2D eigenvalue weighted by atomic mass is 16.2. The van der Waals surface area contributed by atoms with Gasteiger partial charge in [0, 0.05) is 25.2 Å². The summed E-state index contributed by atoms with van der Waals surface area (Å²) in [7, 11) is 0. The van der Waals surface area contributed by atoms with E-state index in [1.807, 2.05) is 11.8 Å². The molecule has 0 aromatic carbocycles. The number of hydrogen-bond donors (Lipinski definition) is 0. The van der Waals surface area contributed by atoms with E-state index in [1.54, 1.807) is 6.07 Å². The number of carbonyl (C=O) groups excluding carboxylic acids is 1. The van der Waals surface area contributed by atoms with Crippen molar-refractivity contribution >= 4 is 5.91 Å². The normalized spacial score (nSPS) is 19.5. The van der Waals surface area contributed by atoms with E-state index in [0.717, 1.165) is 32.2 Å². The molecule has 0 spiro atoms. The van der Waals surface area contributed by atoms with Crippen molar-refractivity contribution in [3.8, 4) is 0 Å². The molecule has 0 saturated carbocycles. The van der Waals surface area contributed by atoms with Gasteiger partial charge in [0.25, 0.3) is 11.5 Å². The Balaban J connectivity index is 2.32. The lowest BCUT2D eigenvalue weighted by molar-refractivity contribution is 0.0515. The molecule has 1 aliphatic heterocycles. The molecule has 1 saturated heterocycles. The molecule has 5 heteroatoms. The molecule has 1 atom stereocenters. The second-order valence-corrected chi connectivity index (χ2v) is 7.51. The topological polar surface area (TPSA) is 55.2 Å². The minimum atomic E-state index is -0.147. The van der Waals surface area contributed by atoms with Crippen LogP contribution in [0.3, 0.4) is 0 Å². The maximum absolute atomic E-state index is 13.0. The predicted octanol–water partition coefficient (Wildman–Crippen LogP) is 3.08. The van der Waals surface area contributed by atoms with Crippen molar-refractivity contribution in [2.24, 2.45) is 5.41 Å². The fourth-order valence-corrected chi connectivity index (χ4v) is 3.33. The number of aromatic nitrogens is 2. The molecule has 5 nitrogen and oxygen atoms in total. The highest BCUT2D eigenvalue weighted by Gasteiger charge is 2.35. The first-order chi connectivity index (χ1) is 10.8. The minimum Gasteiger partial charge on any atom is -0.334 e. The second kappa shape index (κ2) is 7.28. The van der Waals surface area contributed by atoms with E-state index in [2.05, 4.69) is 25.9 Å². The van der Waals surface area contributed by atoms with Crippen LogP contribution in [0.4, 0.5) is 0 Å². The van der Waals surface area contributed by atoms with Gasteiger partial charge in [0.15, 0.2) is 0 Å². The fraction of sp³-hybridized carbons (Fsp3) is 0.722. The van der Waals surface area contributed by atoms with Crippen LogP contribution in [0.15, 0.2) is 16.9 Å². The van der Waals surface area contributed by atoms with Crippen LogP contribution in [0.2, 0.25) is 0 Å². The Hall–Kier alpha value is -1.65. The summed E-state index contributed by atoms with van der Waals surface area (Å²) in [6, 6.07) is 3.24. The van der Waals surface area contributed by atoms with Gasteiger partial charge in [-0.3, -0.25) is 9.59 Å². The van der Waals surface area contributed by atoms with Crippen LogP contribution in [0.25, 0.3) is 0 Å². The summed E-state index contributed by atoms with van der Waals surface area (Å²) in [5.74, 6) is -0.0447. The Morgan fingerprint density at radius 1 is 1.26 bits per heavy atom. The van der Waals surface area contributed by atoms with Crippen molar-refractivity contribution in [1.82, 2.24) is 14.7 Å². The van der Waals surface area contributed by atoms with Crippen LogP contribution < -0.4 is 5.56 Å². The smallest absolute Gasteiger partial charge is 0.274 e. The summed E-state index contributed by atoms with van der Waals surface area (Å²) in [4.78, 5) is 26.8. The van der Waals surface area contributed by atoms with E-state index < -0.39 is 0 Å². The van der Waals surface area contributed by atoms with E-state index in [0.29, 0.717) is 12.2 Å². The minimum absolute atomic E-state index is 0.0395. The van der Waals surface area contributed by atoms with E-state index in [9.17, 15) is 9.59 Å². The molecule has 2 rings (SSSR count). The van der Waals surface area contributed by atoms with Gasteiger partial charge in [-0.15, -0.1) is 0 Å². The van der Waals surface area contributed by atoms with Crippen molar-refractivity contribution in [3.05, 3.63) is 28.2 Å². The summed E-state index contributed by atoms with van der Waals surface area (Å²) in [6.07, 6.45) is 5.21. The highest BCUT2D eigenvalue weighted by molar-refractivity contribution is 5.92. The van der Waals surface area contributed by atoms with Gasteiger partial charge in [-0.1, -0.05) is 40.5 Å². The third kappa shape index (κ3) is 4.21. The Bertz CT molecular complexity index is 601. The molecule has 0 radical (unpaired) electrons. The lowest BCUT2D eigenvalue weighted by atomic mass is 9.83. The number of likely N-dealkylation sites (tertiary alicyclic amines) is 1.